The predicted octanol–water partition coefficient (Wildman–Crippen LogP) is 0.752. The molecular weight excluding hydrogens is 246 g/mol. The van der Waals surface area contributed by atoms with Gasteiger partial charge in [-0.2, -0.15) is 0 Å². The van der Waals surface area contributed by atoms with Gasteiger partial charge in [-0.3, -0.25) is 4.79 Å². The van der Waals surface area contributed by atoms with Crippen LogP contribution in [-0.4, -0.2) is 42.6 Å². The molecule has 0 fully saturated rings. The van der Waals surface area contributed by atoms with Gasteiger partial charge in [0.1, 0.15) is 5.82 Å². The van der Waals surface area contributed by atoms with E-state index in [-0.39, 0.29) is 5.91 Å². The molecule has 0 radical (unpaired) electrons. The molecule has 2 N–H and O–H groups in total. The normalized spacial score (nSPS) is 10.4. The number of amides is 1. The molecule has 0 atom stereocenters. The van der Waals surface area contributed by atoms with Crippen LogP contribution in [0, 0.1) is 0 Å². The van der Waals surface area contributed by atoms with Crippen LogP contribution in [0.2, 0.25) is 0 Å². The number of carboxylic acid groups (broad SMARTS) is 1. The zero-order chi connectivity index (χ0) is 14.3. The van der Waals surface area contributed by atoms with Crippen LogP contribution in [-0.2, 0) is 9.59 Å². The summed E-state index contributed by atoms with van der Waals surface area (Å²) in [6.07, 6.45) is 4.53. The second-order valence-electron chi connectivity index (χ2n) is 3.93. The van der Waals surface area contributed by atoms with Gasteiger partial charge in [0.05, 0.1) is 0 Å². The van der Waals surface area contributed by atoms with Crippen LogP contribution in [0.3, 0.4) is 0 Å². The third-order valence-corrected chi connectivity index (χ3v) is 2.54. The number of carboxylic acids is 1. The van der Waals surface area contributed by atoms with Crippen LogP contribution < -0.4 is 10.2 Å². The molecule has 1 rings (SSSR count). The molecule has 0 aliphatic heterocycles. The van der Waals surface area contributed by atoms with Crippen LogP contribution in [0.25, 0.3) is 6.08 Å². The number of anilines is 1. The van der Waals surface area contributed by atoms with E-state index in [1.54, 1.807) is 25.4 Å². The molecule has 6 nitrogen and oxygen atoms in total. The first-order valence-corrected chi connectivity index (χ1v) is 5.82. The number of nitrogens with zero attached hydrogens (tertiary/aromatic N) is 2. The lowest BCUT2D eigenvalue weighted by molar-refractivity contribution is -0.131. The van der Waals surface area contributed by atoms with Crippen molar-refractivity contribution in [2.75, 3.05) is 25.5 Å². The topological polar surface area (TPSA) is 82.5 Å². The first-order valence-electron chi connectivity index (χ1n) is 5.82. The summed E-state index contributed by atoms with van der Waals surface area (Å²) in [6.45, 7) is 0.505. The maximum atomic E-state index is 11.2. The van der Waals surface area contributed by atoms with E-state index in [0.717, 1.165) is 6.08 Å². The van der Waals surface area contributed by atoms with Crippen molar-refractivity contribution in [3.05, 3.63) is 30.0 Å². The maximum absolute atomic E-state index is 11.2. The van der Waals surface area contributed by atoms with E-state index in [1.165, 1.54) is 6.08 Å². The minimum absolute atomic E-state index is 0.0505. The van der Waals surface area contributed by atoms with E-state index in [0.29, 0.717) is 24.3 Å². The first-order chi connectivity index (χ1) is 9.04. The highest BCUT2D eigenvalue weighted by Gasteiger charge is 2.08. The standard InChI is InChI=1S/C13H17N3O3/c1-14-11(17)7-9-16(2)13-10(4-3-8-15-13)5-6-12(18)19/h3-6,8H,7,9H2,1-2H3,(H,14,17)(H,18,19)/b6-5+. The largest absolute Gasteiger partial charge is 0.478 e. The average Bonchev–Trinajstić information content (AvgIpc) is 2.42. The molecule has 0 aliphatic carbocycles. The summed E-state index contributed by atoms with van der Waals surface area (Å²) < 4.78 is 0. The first kappa shape index (κ1) is 14.7. The molecule has 0 saturated heterocycles. The highest BCUT2D eigenvalue weighted by molar-refractivity contribution is 5.86. The molecule has 0 bridgehead atoms. The molecule has 0 aliphatic rings. The monoisotopic (exact) mass is 263 g/mol. The lowest BCUT2D eigenvalue weighted by atomic mass is 10.2. The lowest BCUT2D eigenvalue weighted by Crippen LogP contribution is -2.27. The van der Waals surface area contributed by atoms with Gasteiger partial charge in [0.2, 0.25) is 5.91 Å². The summed E-state index contributed by atoms with van der Waals surface area (Å²) >= 11 is 0. The number of pyridine rings is 1. The van der Waals surface area contributed by atoms with Crippen molar-refractivity contribution in [3.63, 3.8) is 0 Å². The van der Waals surface area contributed by atoms with E-state index in [2.05, 4.69) is 10.3 Å². The van der Waals surface area contributed by atoms with Crippen molar-refractivity contribution in [2.24, 2.45) is 0 Å². The van der Waals surface area contributed by atoms with Gasteiger partial charge in [0.25, 0.3) is 0 Å². The van der Waals surface area contributed by atoms with Gasteiger partial charge in [-0.05, 0) is 18.2 Å². The Labute approximate surface area is 111 Å². The number of aliphatic carboxylic acids is 1. The molecule has 102 valence electrons. The number of hydrogen-bond donors (Lipinski definition) is 2. The van der Waals surface area contributed by atoms with Crippen LogP contribution in [0.5, 0.6) is 0 Å². The van der Waals surface area contributed by atoms with Crippen LogP contribution in [0.15, 0.2) is 24.4 Å². The summed E-state index contributed by atoms with van der Waals surface area (Å²) in [7, 11) is 3.40. The highest BCUT2D eigenvalue weighted by atomic mass is 16.4. The quantitative estimate of drug-likeness (QED) is 0.740. The van der Waals surface area contributed by atoms with Gasteiger partial charge in [-0.25, -0.2) is 9.78 Å². The summed E-state index contributed by atoms with van der Waals surface area (Å²) in [6, 6.07) is 3.51. The van der Waals surface area contributed by atoms with Gasteiger partial charge in [-0.1, -0.05) is 0 Å². The lowest BCUT2D eigenvalue weighted by Gasteiger charge is -2.19. The second-order valence-corrected chi connectivity index (χ2v) is 3.93. The van der Waals surface area contributed by atoms with Crippen LogP contribution in [0.1, 0.15) is 12.0 Å². The number of carbonyl (C=O) groups is 2. The molecule has 0 aromatic carbocycles. The van der Waals surface area contributed by atoms with E-state index in [1.807, 2.05) is 11.9 Å². The summed E-state index contributed by atoms with van der Waals surface area (Å²) in [5.74, 6) is -0.419. The Bertz CT molecular complexity index is 486. The van der Waals surface area contributed by atoms with Gasteiger partial charge in [0, 0.05) is 44.9 Å². The SMILES string of the molecule is CNC(=O)CCN(C)c1ncccc1/C=C/C(=O)O. The zero-order valence-electron chi connectivity index (χ0n) is 11.0. The van der Waals surface area contributed by atoms with E-state index in [9.17, 15) is 9.59 Å². The van der Waals surface area contributed by atoms with Crippen molar-refractivity contribution in [3.8, 4) is 0 Å². The fourth-order valence-corrected chi connectivity index (χ4v) is 1.52. The zero-order valence-corrected chi connectivity index (χ0v) is 11.0. The van der Waals surface area contributed by atoms with Crippen LogP contribution >= 0.6 is 0 Å². The fourth-order valence-electron chi connectivity index (χ4n) is 1.52. The summed E-state index contributed by atoms with van der Waals surface area (Å²) in [4.78, 5) is 27.8. The smallest absolute Gasteiger partial charge is 0.328 e. The second kappa shape index (κ2) is 7.15. The Kier molecular flexibility index (Phi) is 5.53. The minimum atomic E-state index is -1.01. The number of hydrogen-bond acceptors (Lipinski definition) is 4. The molecule has 1 aromatic heterocycles. The van der Waals surface area contributed by atoms with Gasteiger partial charge in [0.15, 0.2) is 0 Å². The van der Waals surface area contributed by atoms with Crippen molar-refractivity contribution in [1.29, 1.82) is 0 Å². The van der Waals surface area contributed by atoms with Crippen molar-refractivity contribution in [2.45, 2.75) is 6.42 Å². The molecule has 0 unspecified atom stereocenters. The van der Waals surface area contributed by atoms with Gasteiger partial charge < -0.3 is 15.3 Å². The number of nitrogens with one attached hydrogen (secondary N) is 1. The molecular formula is C13H17N3O3. The number of aromatic nitrogens is 1. The Hall–Kier alpha value is -2.37. The van der Waals surface area contributed by atoms with Gasteiger partial charge >= 0.3 is 5.97 Å². The van der Waals surface area contributed by atoms with Crippen molar-refractivity contribution in [1.82, 2.24) is 10.3 Å². The number of carbonyl (C=O) groups excluding carboxylic acids is 1. The molecule has 0 saturated carbocycles. The van der Waals surface area contributed by atoms with E-state index < -0.39 is 5.97 Å². The van der Waals surface area contributed by atoms with Crippen molar-refractivity contribution < 1.29 is 14.7 Å². The van der Waals surface area contributed by atoms with Crippen molar-refractivity contribution >= 4 is 23.8 Å². The maximum Gasteiger partial charge on any atom is 0.328 e. The highest BCUT2D eigenvalue weighted by Crippen LogP contribution is 2.17. The third kappa shape index (κ3) is 4.79. The summed E-state index contributed by atoms with van der Waals surface area (Å²) in [5, 5.41) is 11.2. The average molecular weight is 263 g/mol. The summed E-state index contributed by atoms with van der Waals surface area (Å²) in [5.41, 5.74) is 0.698. The Morgan fingerprint density at radius 1 is 1.53 bits per heavy atom. The number of rotatable bonds is 6. The third-order valence-electron chi connectivity index (χ3n) is 2.54. The molecule has 19 heavy (non-hydrogen) atoms. The molecule has 1 amide bonds. The fraction of sp³-hybridized carbons (Fsp3) is 0.308. The molecule has 6 heteroatoms. The molecule has 1 aromatic rings. The van der Waals surface area contributed by atoms with Crippen LogP contribution in [0.4, 0.5) is 5.82 Å². The van der Waals surface area contributed by atoms with E-state index in [4.69, 9.17) is 5.11 Å². The Balaban J connectivity index is 2.81. The molecule has 0 spiro atoms. The minimum Gasteiger partial charge on any atom is -0.478 e. The predicted molar refractivity (Wildman–Crippen MR) is 72.9 cm³/mol. The van der Waals surface area contributed by atoms with Gasteiger partial charge in [-0.15, -0.1) is 0 Å². The Morgan fingerprint density at radius 3 is 2.89 bits per heavy atom. The van der Waals surface area contributed by atoms with E-state index >= 15 is 0 Å². The molecule has 1 heterocycles. The Morgan fingerprint density at radius 2 is 2.26 bits per heavy atom.